The number of hydrogen-bond donors (Lipinski definition) is 2. The number of rotatable bonds is 6. The first-order valence-electron chi connectivity index (χ1n) is 5.60. The van der Waals surface area contributed by atoms with E-state index in [4.69, 9.17) is 4.74 Å². The van der Waals surface area contributed by atoms with Crippen LogP contribution < -0.4 is 15.4 Å². The zero-order chi connectivity index (χ0) is 12.3. The van der Waals surface area contributed by atoms with E-state index in [0.29, 0.717) is 16.3 Å². The summed E-state index contributed by atoms with van der Waals surface area (Å²) in [5.41, 5.74) is 0. The van der Waals surface area contributed by atoms with E-state index in [-0.39, 0.29) is 0 Å². The van der Waals surface area contributed by atoms with Gasteiger partial charge >= 0.3 is 0 Å². The zero-order valence-electron chi connectivity index (χ0n) is 10.4. The SMILES string of the molecule is CNc1ncnc(NCC2(SC)CC2)c1OC. The zero-order valence-corrected chi connectivity index (χ0v) is 11.2. The molecule has 94 valence electrons. The molecule has 0 atom stereocenters. The first-order valence-corrected chi connectivity index (χ1v) is 6.83. The van der Waals surface area contributed by atoms with E-state index < -0.39 is 0 Å². The van der Waals surface area contributed by atoms with Crippen LogP contribution in [0.2, 0.25) is 0 Å². The Morgan fingerprint density at radius 1 is 1.41 bits per heavy atom. The number of hydrogen-bond acceptors (Lipinski definition) is 6. The fourth-order valence-corrected chi connectivity index (χ4v) is 2.44. The van der Waals surface area contributed by atoms with Crippen LogP contribution in [0.15, 0.2) is 6.33 Å². The highest BCUT2D eigenvalue weighted by Crippen LogP contribution is 2.47. The summed E-state index contributed by atoms with van der Waals surface area (Å²) in [6.07, 6.45) is 6.24. The molecule has 6 heteroatoms. The van der Waals surface area contributed by atoms with Gasteiger partial charge in [-0.3, -0.25) is 0 Å². The topological polar surface area (TPSA) is 59.1 Å². The molecule has 1 aromatic rings. The van der Waals surface area contributed by atoms with Crippen molar-refractivity contribution in [2.24, 2.45) is 0 Å². The molecule has 0 aliphatic heterocycles. The molecule has 0 unspecified atom stereocenters. The summed E-state index contributed by atoms with van der Waals surface area (Å²) in [5, 5.41) is 6.35. The summed E-state index contributed by atoms with van der Waals surface area (Å²) < 4.78 is 5.73. The smallest absolute Gasteiger partial charge is 0.204 e. The van der Waals surface area contributed by atoms with E-state index in [0.717, 1.165) is 12.4 Å². The van der Waals surface area contributed by atoms with E-state index in [2.05, 4.69) is 26.9 Å². The molecule has 1 aliphatic rings. The Hall–Kier alpha value is -1.17. The number of thioether (sulfide) groups is 1. The van der Waals surface area contributed by atoms with Gasteiger partial charge in [0, 0.05) is 18.3 Å². The lowest BCUT2D eigenvalue weighted by Gasteiger charge is -2.16. The average Bonchev–Trinajstić information content (AvgIpc) is 3.16. The molecule has 5 nitrogen and oxygen atoms in total. The highest BCUT2D eigenvalue weighted by atomic mass is 32.2. The first kappa shape index (κ1) is 12.3. The maximum absolute atomic E-state index is 5.33. The quantitative estimate of drug-likeness (QED) is 0.808. The van der Waals surface area contributed by atoms with Crippen LogP contribution in [0.5, 0.6) is 5.75 Å². The van der Waals surface area contributed by atoms with Gasteiger partial charge in [0.1, 0.15) is 6.33 Å². The van der Waals surface area contributed by atoms with Crippen molar-refractivity contribution in [1.82, 2.24) is 9.97 Å². The third-order valence-corrected chi connectivity index (χ3v) is 4.48. The van der Waals surface area contributed by atoms with Gasteiger partial charge in [-0.2, -0.15) is 11.8 Å². The summed E-state index contributed by atoms with van der Waals surface area (Å²) in [5.74, 6) is 2.14. The molecule has 17 heavy (non-hydrogen) atoms. The number of aromatic nitrogens is 2. The molecule has 0 bridgehead atoms. The molecule has 1 fully saturated rings. The van der Waals surface area contributed by atoms with Crippen LogP contribution in [0.1, 0.15) is 12.8 Å². The van der Waals surface area contributed by atoms with Gasteiger partial charge in [-0.05, 0) is 19.1 Å². The first-order chi connectivity index (χ1) is 8.24. The van der Waals surface area contributed by atoms with Crippen LogP contribution in [0.4, 0.5) is 11.6 Å². The Balaban J connectivity index is 2.09. The Labute approximate surface area is 106 Å². The molecule has 1 saturated carbocycles. The molecule has 1 aliphatic carbocycles. The summed E-state index contributed by atoms with van der Waals surface area (Å²) >= 11 is 1.92. The van der Waals surface area contributed by atoms with Gasteiger partial charge < -0.3 is 15.4 Å². The van der Waals surface area contributed by atoms with Crippen molar-refractivity contribution < 1.29 is 4.74 Å². The summed E-state index contributed by atoms with van der Waals surface area (Å²) in [4.78, 5) is 8.34. The number of nitrogens with one attached hydrogen (secondary N) is 2. The van der Waals surface area contributed by atoms with Crippen LogP contribution >= 0.6 is 11.8 Å². The van der Waals surface area contributed by atoms with E-state index >= 15 is 0 Å². The van der Waals surface area contributed by atoms with Crippen LogP contribution in [0, 0.1) is 0 Å². The second kappa shape index (κ2) is 5.00. The molecule has 0 aromatic carbocycles. The molecule has 0 amide bonds. The van der Waals surface area contributed by atoms with Crippen molar-refractivity contribution in [2.45, 2.75) is 17.6 Å². The Bertz CT molecular complexity index is 395. The van der Waals surface area contributed by atoms with Crippen LogP contribution in [-0.4, -0.2) is 41.7 Å². The number of ether oxygens (including phenoxy) is 1. The van der Waals surface area contributed by atoms with Gasteiger partial charge in [0.05, 0.1) is 7.11 Å². The minimum atomic E-state index is 0.399. The van der Waals surface area contributed by atoms with Crippen molar-refractivity contribution in [3.8, 4) is 5.75 Å². The molecule has 2 N–H and O–H groups in total. The number of anilines is 2. The maximum Gasteiger partial charge on any atom is 0.204 e. The molecular formula is C11H18N4OS. The summed E-state index contributed by atoms with van der Waals surface area (Å²) in [6.45, 7) is 0.921. The average molecular weight is 254 g/mol. The third kappa shape index (κ3) is 2.57. The lowest BCUT2D eigenvalue weighted by molar-refractivity contribution is 0.415. The standard InChI is InChI=1S/C11H18N4OS/c1-12-9-8(16-2)10(15-7-14-9)13-6-11(17-3)4-5-11/h7H,4-6H2,1-3H3,(H2,12,13,14,15). The fraction of sp³-hybridized carbons (Fsp3) is 0.636. The maximum atomic E-state index is 5.33. The molecular weight excluding hydrogens is 236 g/mol. The highest BCUT2D eigenvalue weighted by molar-refractivity contribution is 8.00. The third-order valence-electron chi connectivity index (χ3n) is 3.06. The normalized spacial score (nSPS) is 16.4. The van der Waals surface area contributed by atoms with Gasteiger partial charge in [0.15, 0.2) is 11.6 Å². The molecule has 0 spiro atoms. The molecule has 0 radical (unpaired) electrons. The Morgan fingerprint density at radius 2 is 2.12 bits per heavy atom. The van der Waals surface area contributed by atoms with Gasteiger partial charge in [0.2, 0.25) is 5.75 Å². The second-order valence-corrected chi connectivity index (χ2v) is 5.37. The van der Waals surface area contributed by atoms with E-state index in [1.165, 1.54) is 19.2 Å². The highest BCUT2D eigenvalue weighted by Gasteiger charge is 2.41. The number of nitrogens with zero attached hydrogens (tertiary/aromatic N) is 2. The van der Waals surface area contributed by atoms with Crippen molar-refractivity contribution >= 4 is 23.4 Å². The van der Waals surface area contributed by atoms with Gasteiger partial charge in [-0.25, -0.2) is 9.97 Å². The fourth-order valence-electron chi connectivity index (χ4n) is 1.71. The van der Waals surface area contributed by atoms with Crippen molar-refractivity contribution in [3.05, 3.63) is 6.33 Å². The molecule has 1 aromatic heterocycles. The van der Waals surface area contributed by atoms with Crippen molar-refractivity contribution in [1.29, 1.82) is 0 Å². The molecule has 1 heterocycles. The molecule has 2 rings (SSSR count). The van der Waals surface area contributed by atoms with Crippen molar-refractivity contribution in [2.75, 3.05) is 37.6 Å². The van der Waals surface area contributed by atoms with E-state index in [9.17, 15) is 0 Å². The lowest BCUT2D eigenvalue weighted by Crippen LogP contribution is -2.18. The van der Waals surface area contributed by atoms with E-state index in [1.807, 2.05) is 18.8 Å². The van der Waals surface area contributed by atoms with Crippen molar-refractivity contribution in [3.63, 3.8) is 0 Å². The Kier molecular flexibility index (Phi) is 3.61. The largest absolute Gasteiger partial charge is 0.490 e. The van der Waals surface area contributed by atoms with Gasteiger partial charge in [-0.1, -0.05) is 0 Å². The van der Waals surface area contributed by atoms with E-state index in [1.54, 1.807) is 7.11 Å². The lowest BCUT2D eigenvalue weighted by atomic mass is 10.4. The van der Waals surface area contributed by atoms with Crippen LogP contribution in [-0.2, 0) is 0 Å². The number of methoxy groups -OCH3 is 1. The molecule has 0 saturated heterocycles. The predicted octanol–water partition coefficient (Wildman–Crippen LogP) is 1.83. The summed E-state index contributed by atoms with van der Waals surface area (Å²) in [7, 11) is 3.45. The van der Waals surface area contributed by atoms with Gasteiger partial charge in [0.25, 0.3) is 0 Å². The van der Waals surface area contributed by atoms with Crippen LogP contribution in [0.3, 0.4) is 0 Å². The minimum Gasteiger partial charge on any atom is -0.490 e. The van der Waals surface area contributed by atoms with Gasteiger partial charge in [-0.15, -0.1) is 0 Å². The minimum absolute atomic E-state index is 0.399. The Morgan fingerprint density at radius 3 is 2.65 bits per heavy atom. The summed E-state index contributed by atoms with van der Waals surface area (Å²) in [6, 6.07) is 0. The second-order valence-electron chi connectivity index (χ2n) is 4.09. The van der Waals surface area contributed by atoms with Crippen LogP contribution in [0.25, 0.3) is 0 Å². The predicted molar refractivity (Wildman–Crippen MR) is 72.1 cm³/mol. The monoisotopic (exact) mass is 254 g/mol.